The summed E-state index contributed by atoms with van der Waals surface area (Å²) in [6.07, 6.45) is 11.4. The van der Waals surface area contributed by atoms with Crippen molar-refractivity contribution in [2.75, 3.05) is 0 Å². The van der Waals surface area contributed by atoms with E-state index < -0.39 is 0 Å². The maximum atomic E-state index is 3.65. The first kappa shape index (κ1) is 6.41. The smallest absolute Gasteiger partial charge is 0.0104 e. The van der Waals surface area contributed by atoms with Gasteiger partial charge in [0.1, 0.15) is 0 Å². The highest BCUT2D eigenvalue weighted by molar-refractivity contribution is 4.97. The zero-order valence-electron chi connectivity index (χ0n) is 6.34. The van der Waals surface area contributed by atoms with Gasteiger partial charge >= 0.3 is 0 Å². The van der Waals surface area contributed by atoms with E-state index in [2.05, 4.69) is 17.5 Å². The van der Waals surface area contributed by atoms with E-state index in [4.69, 9.17) is 0 Å². The van der Waals surface area contributed by atoms with Crippen LogP contribution in [-0.4, -0.2) is 12.1 Å². The Balaban J connectivity index is 2.03. The molecule has 0 spiro atoms. The fourth-order valence-corrected chi connectivity index (χ4v) is 2.00. The average molecular weight is 137 g/mol. The summed E-state index contributed by atoms with van der Waals surface area (Å²) in [6.45, 7) is 0. The maximum Gasteiger partial charge on any atom is 0.0104 e. The van der Waals surface area contributed by atoms with Crippen LogP contribution in [0.1, 0.15) is 32.1 Å². The van der Waals surface area contributed by atoms with Gasteiger partial charge in [0, 0.05) is 12.1 Å². The van der Waals surface area contributed by atoms with E-state index in [-0.39, 0.29) is 0 Å². The monoisotopic (exact) mass is 137 g/mol. The summed E-state index contributed by atoms with van der Waals surface area (Å²) >= 11 is 0. The van der Waals surface area contributed by atoms with E-state index in [1.165, 1.54) is 32.1 Å². The molecule has 56 valence electrons. The molecule has 1 fully saturated rings. The second-order valence-electron chi connectivity index (χ2n) is 3.43. The van der Waals surface area contributed by atoms with Crippen LogP contribution in [-0.2, 0) is 0 Å². The van der Waals surface area contributed by atoms with Crippen molar-refractivity contribution < 1.29 is 0 Å². The third kappa shape index (κ3) is 1.24. The highest BCUT2D eigenvalue weighted by Crippen LogP contribution is 2.20. The molecule has 0 amide bonds. The van der Waals surface area contributed by atoms with Crippen molar-refractivity contribution in [3.8, 4) is 0 Å². The first-order chi connectivity index (χ1) is 4.95. The number of hydrogen-bond acceptors (Lipinski definition) is 1. The van der Waals surface area contributed by atoms with Crippen LogP contribution >= 0.6 is 0 Å². The quantitative estimate of drug-likeness (QED) is 0.502. The first-order valence-electron chi connectivity index (χ1n) is 4.36. The molecule has 0 aromatic heterocycles. The molecular formula is C9H15N. The number of hydrogen-bond donors (Lipinski definition) is 1. The summed E-state index contributed by atoms with van der Waals surface area (Å²) in [5.74, 6) is 0. The summed E-state index contributed by atoms with van der Waals surface area (Å²) in [4.78, 5) is 0. The molecule has 2 unspecified atom stereocenters. The minimum atomic E-state index is 0.803. The van der Waals surface area contributed by atoms with Gasteiger partial charge in [0.25, 0.3) is 0 Å². The molecule has 1 nitrogen and oxygen atoms in total. The van der Waals surface area contributed by atoms with E-state index in [0.717, 1.165) is 12.1 Å². The Kier molecular flexibility index (Phi) is 1.76. The Labute approximate surface area is 62.5 Å². The van der Waals surface area contributed by atoms with E-state index in [0.29, 0.717) is 0 Å². The highest BCUT2D eigenvalue weighted by Gasteiger charge is 2.20. The molecule has 1 heteroatoms. The van der Waals surface area contributed by atoms with Gasteiger partial charge in [0.2, 0.25) is 0 Å². The number of nitrogens with one attached hydrogen (secondary N) is 1. The SMILES string of the molecule is C1=CCC2CCCC(C1)N2. The van der Waals surface area contributed by atoms with E-state index in [1.807, 2.05) is 0 Å². The Morgan fingerprint density at radius 1 is 1.00 bits per heavy atom. The molecule has 0 saturated carbocycles. The molecule has 1 saturated heterocycles. The van der Waals surface area contributed by atoms with Crippen molar-refractivity contribution in [2.45, 2.75) is 44.2 Å². The van der Waals surface area contributed by atoms with Gasteiger partial charge in [0.05, 0.1) is 0 Å². The van der Waals surface area contributed by atoms with E-state index >= 15 is 0 Å². The van der Waals surface area contributed by atoms with Gasteiger partial charge in [0.15, 0.2) is 0 Å². The number of rotatable bonds is 0. The van der Waals surface area contributed by atoms with Gasteiger partial charge in [-0.2, -0.15) is 0 Å². The molecule has 2 rings (SSSR count). The van der Waals surface area contributed by atoms with Crippen molar-refractivity contribution >= 4 is 0 Å². The Morgan fingerprint density at radius 3 is 2.20 bits per heavy atom. The lowest BCUT2D eigenvalue weighted by Crippen LogP contribution is -2.40. The van der Waals surface area contributed by atoms with E-state index in [1.54, 1.807) is 0 Å². The molecule has 1 N–H and O–H groups in total. The molecule has 2 heterocycles. The Morgan fingerprint density at radius 2 is 1.60 bits per heavy atom. The molecule has 0 aromatic rings. The summed E-state index contributed by atoms with van der Waals surface area (Å²) in [5, 5.41) is 3.65. The molecule has 2 bridgehead atoms. The molecule has 2 atom stereocenters. The minimum Gasteiger partial charge on any atom is -0.311 e. The molecule has 2 aliphatic rings. The van der Waals surface area contributed by atoms with Crippen LogP contribution in [0.3, 0.4) is 0 Å². The molecule has 0 aliphatic carbocycles. The lowest BCUT2D eigenvalue weighted by molar-refractivity contribution is 0.330. The average Bonchev–Trinajstić information content (AvgIpc) is 2.12. The normalized spacial score (nSPS) is 39.2. The molecular weight excluding hydrogens is 122 g/mol. The number of piperidine rings is 1. The minimum absolute atomic E-state index is 0.803. The second-order valence-corrected chi connectivity index (χ2v) is 3.43. The largest absolute Gasteiger partial charge is 0.311 e. The van der Waals surface area contributed by atoms with Crippen molar-refractivity contribution in [2.24, 2.45) is 0 Å². The van der Waals surface area contributed by atoms with E-state index in [9.17, 15) is 0 Å². The second kappa shape index (κ2) is 2.75. The van der Waals surface area contributed by atoms with Crippen molar-refractivity contribution in [3.05, 3.63) is 12.2 Å². The van der Waals surface area contributed by atoms with Gasteiger partial charge in [-0.25, -0.2) is 0 Å². The fourth-order valence-electron chi connectivity index (χ4n) is 2.00. The topological polar surface area (TPSA) is 12.0 Å². The fraction of sp³-hybridized carbons (Fsp3) is 0.778. The van der Waals surface area contributed by atoms with Gasteiger partial charge in [-0.3, -0.25) is 0 Å². The molecule has 2 aliphatic heterocycles. The van der Waals surface area contributed by atoms with Crippen LogP contribution in [0.2, 0.25) is 0 Å². The van der Waals surface area contributed by atoms with Crippen molar-refractivity contribution in [1.29, 1.82) is 0 Å². The van der Waals surface area contributed by atoms with Crippen molar-refractivity contribution in [3.63, 3.8) is 0 Å². The van der Waals surface area contributed by atoms with Crippen LogP contribution < -0.4 is 5.32 Å². The Bertz CT molecular complexity index is 126. The van der Waals surface area contributed by atoms with Gasteiger partial charge in [-0.05, 0) is 25.7 Å². The Hall–Kier alpha value is -0.300. The summed E-state index contributed by atoms with van der Waals surface area (Å²) < 4.78 is 0. The van der Waals surface area contributed by atoms with Crippen LogP contribution in [0.15, 0.2) is 12.2 Å². The lowest BCUT2D eigenvalue weighted by atomic mass is 9.97. The number of fused-ring (bicyclic) bond motifs is 2. The lowest BCUT2D eigenvalue weighted by Gasteiger charge is -2.28. The van der Waals surface area contributed by atoms with Gasteiger partial charge in [-0.1, -0.05) is 18.6 Å². The molecule has 10 heavy (non-hydrogen) atoms. The standard InChI is InChI=1S/C9H15N/c1-2-5-9-7-3-6-8(4-1)10-9/h1-2,8-10H,3-7H2. The first-order valence-corrected chi connectivity index (χ1v) is 4.36. The van der Waals surface area contributed by atoms with Crippen LogP contribution in [0.4, 0.5) is 0 Å². The van der Waals surface area contributed by atoms with Gasteiger partial charge < -0.3 is 5.32 Å². The predicted molar refractivity (Wildman–Crippen MR) is 42.9 cm³/mol. The van der Waals surface area contributed by atoms with Crippen LogP contribution in [0.5, 0.6) is 0 Å². The summed E-state index contributed by atoms with van der Waals surface area (Å²) in [5.41, 5.74) is 0. The molecule has 0 radical (unpaired) electrons. The zero-order valence-corrected chi connectivity index (χ0v) is 6.34. The van der Waals surface area contributed by atoms with Crippen LogP contribution in [0.25, 0.3) is 0 Å². The maximum absolute atomic E-state index is 3.65. The zero-order chi connectivity index (χ0) is 6.81. The third-order valence-electron chi connectivity index (χ3n) is 2.58. The predicted octanol–water partition coefficient (Wildman–Crippen LogP) is 1.85. The molecule has 0 aromatic carbocycles. The van der Waals surface area contributed by atoms with Crippen LogP contribution in [0, 0.1) is 0 Å². The summed E-state index contributed by atoms with van der Waals surface area (Å²) in [7, 11) is 0. The highest BCUT2D eigenvalue weighted by atomic mass is 15.0. The third-order valence-corrected chi connectivity index (χ3v) is 2.58. The summed E-state index contributed by atoms with van der Waals surface area (Å²) in [6, 6.07) is 1.61. The van der Waals surface area contributed by atoms with Crippen molar-refractivity contribution in [1.82, 2.24) is 5.32 Å². The van der Waals surface area contributed by atoms with Gasteiger partial charge in [-0.15, -0.1) is 0 Å².